The van der Waals surface area contributed by atoms with E-state index in [1.807, 2.05) is 0 Å². The molecule has 0 aromatic heterocycles. The summed E-state index contributed by atoms with van der Waals surface area (Å²) in [5, 5.41) is 10.2. The highest BCUT2D eigenvalue weighted by Gasteiger charge is 2.21. The molecule has 0 fully saturated rings. The van der Waals surface area contributed by atoms with E-state index in [1.165, 1.54) is 6.07 Å². The molecule has 0 saturated heterocycles. The van der Waals surface area contributed by atoms with Crippen LogP contribution in [0.1, 0.15) is 66.2 Å². The van der Waals surface area contributed by atoms with Crippen LogP contribution in [0.15, 0.2) is 18.2 Å². The number of hydrogen-bond donors (Lipinski definition) is 1. The Labute approximate surface area is 107 Å². The molecule has 0 heterocycles. The minimum absolute atomic E-state index is 0.238. The molecule has 0 bridgehead atoms. The fraction of sp³-hybridized carbons (Fsp3) is 0.571. The molecule has 0 aliphatic heterocycles. The van der Waals surface area contributed by atoms with Crippen LogP contribution in [-0.4, -0.2) is 5.11 Å². The van der Waals surface area contributed by atoms with Gasteiger partial charge in [-0.3, -0.25) is 0 Å². The first-order valence-electron chi connectivity index (χ1n) is 9.63. The Morgan fingerprint density at radius 3 is 2.20 bits per heavy atom. The first kappa shape index (κ1) is 4.12. The Morgan fingerprint density at radius 2 is 1.73 bits per heavy atom. The van der Waals surface area contributed by atoms with E-state index < -0.39 is 48.7 Å². The van der Waals surface area contributed by atoms with Crippen LogP contribution in [0.3, 0.4) is 0 Å². The summed E-state index contributed by atoms with van der Waals surface area (Å²) in [5.74, 6) is -0.832. The van der Waals surface area contributed by atoms with Gasteiger partial charge in [0, 0.05) is 12.3 Å². The lowest BCUT2D eigenvalue weighted by atomic mass is 9.80. The Kier molecular flexibility index (Phi) is 0.975. The molecule has 1 rings (SSSR count). The maximum Gasteiger partial charge on any atom is 0.119 e. The van der Waals surface area contributed by atoms with Gasteiger partial charge in [0.2, 0.25) is 0 Å². The van der Waals surface area contributed by atoms with Crippen LogP contribution in [-0.2, 0) is 10.8 Å². The van der Waals surface area contributed by atoms with E-state index in [2.05, 4.69) is 0 Å². The maximum atomic E-state index is 10.2. The zero-order valence-electron chi connectivity index (χ0n) is 19.1. The third-order valence-electron chi connectivity index (χ3n) is 2.11. The van der Waals surface area contributed by atoms with Crippen molar-refractivity contribution in [1.29, 1.82) is 0 Å². The van der Waals surface area contributed by atoms with Crippen molar-refractivity contribution in [2.24, 2.45) is 0 Å². The second kappa shape index (κ2) is 3.55. The molecule has 1 aromatic rings. The lowest BCUT2D eigenvalue weighted by molar-refractivity contribution is 0.444. The van der Waals surface area contributed by atoms with Crippen LogP contribution in [0.2, 0.25) is 0 Å². The molecule has 15 heavy (non-hydrogen) atoms. The van der Waals surface area contributed by atoms with E-state index in [1.54, 1.807) is 20.8 Å². The summed E-state index contributed by atoms with van der Waals surface area (Å²) >= 11 is 0. The van der Waals surface area contributed by atoms with E-state index in [9.17, 15) is 5.11 Å². The Bertz CT molecular complexity index is 610. The van der Waals surface area contributed by atoms with E-state index in [-0.39, 0.29) is 5.56 Å². The molecule has 0 atom stereocenters. The van der Waals surface area contributed by atoms with Crippen LogP contribution >= 0.6 is 0 Å². The monoisotopic (exact) mass is 216 g/mol. The largest absolute Gasteiger partial charge is 0.508 e. The van der Waals surface area contributed by atoms with E-state index in [0.717, 1.165) is 6.07 Å². The second-order valence-corrected chi connectivity index (χ2v) is 4.63. The summed E-state index contributed by atoms with van der Waals surface area (Å²) in [6, 6.07) is 1.83. The number of phenolic OH excluding ortho intramolecular Hbond substituents is 1. The van der Waals surface area contributed by atoms with Gasteiger partial charge in [-0.1, -0.05) is 53.4 Å². The summed E-state index contributed by atoms with van der Waals surface area (Å²) in [5.41, 5.74) is -4.74. The van der Waals surface area contributed by atoms with Crippen molar-refractivity contribution in [2.45, 2.75) is 52.2 Å². The predicted molar refractivity (Wildman–Crippen MR) is 65.5 cm³/mol. The second-order valence-electron chi connectivity index (χ2n) is 4.63. The first-order valence-corrected chi connectivity index (χ1v) is 4.63. The minimum atomic E-state index is -3.52. The Morgan fingerprint density at radius 1 is 1.13 bits per heavy atom. The number of benzene rings is 1. The summed E-state index contributed by atoms with van der Waals surface area (Å²) in [6.07, 6.45) is 0. The molecule has 0 radical (unpaired) electrons. The fourth-order valence-corrected chi connectivity index (χ4v) is 1.21. The van der Waals surface area contributed by atoms with Gasteiger partial charge in [0.15, 0.2) is 0 Å². The third kappa shape index (κ3) is 2.74. The molecule has 0 saturated carbocycles. The standard InChI is InChI=1S/C14H22O/c1-13(2,3)10-7-8-12(15)11(9-10)14(4,5)6/h7-9,15H,1-6H3/i4D3,5D3,6D3,9D. The Balaban J connectivity index is 4.19. The molecule has 1 heteroatoms. The van der Waals surface area contributed by atoms with Gasteiger partial charge in [0.25, 0.3) is 0 Å². The SMILES string of the molecule is [2H]c1c(C(C)(C)C)ccc(O)c1C(C([2H])([2H])[2H])(C([2H])([2H])[2H])C([2H])([2H])[2H]. The highest BCUT2D eigenvalue weighted by Crippen LogP contribution is 2.34. The third-order valence-corrected chi connectivity index (χ3v) is 2.11. The number of rotatable bonds is 0. The van der Waals surface area contributed by atoms with Crippen LogP contribution in [0.5, 0.6) is 5.75 Å². The molecule has 1 nitrogen and oxygen atoms in total. The van der Waals surface area contributed by atoms with Crippen LogP contribution in [0, 0.1) is 0 Å². The van der Waals surface area contributed by atoms with Crippen LogP contribution < -0.4 is 0 Å². The maximum absolute atomic E-state index is 10.2. The topological polar surface area (TPSA) is 20.2 Å². The van der Waals surface area contributed by atoms with Crippen LogP contribution in [0.25, 0.3) is 0 Å². The lowest BCUT2D eigenvalue weighted by Gasteiger charge is -2.25. The van der Waals surface area contributed by atoms with Crippen molar-refractivity contribution in [3.05, 3.63) is 29.3 Å². The van der Waals surface area contributed by atoms with Gasteiger partial charge in [-0.05, 0) is 28.0 Å². The van der Waals surface area contributed by atoms with Gasteiger partial charge >= 0.3 is 0 Å². The minimum Gasteiger partial charge on any atom is -0.508 e. The highest BCUT2D eigenvalue weighted by molar-refractivity contribution is 5.42. The highest BCUT2D eigenvalue weighted by atomic mass is 16.3. The summed E-state index contributed by atoms with van der Waals surface area (Å²) < 4.78 is 77.8. The van der Waals surface area contributed by atoms with Crippen molar-refractivity contribution in [2.75, 3.05) is 0 Å². The van der Waals surface area contributed by atoms with Gasteiger partial charge in [0.1, 0.15) is 5.75 Å². The summed E-state index contributed by atoms with van der Waals surface area (Å²) in [7, 11) is 0. The van der Waals surface area contributed by atoms with Crippen molar-refractivity contribution in [3.63, 3.8) is 0 Å². The van der Waals surface area contributed by atoms with Gasteiger partial charge in [-0.25, -0.2) is 0 Å². The molecule has 0 unspecified atom stereocenters. The molecule has 0 spiro atoms. The van der Waals surface area contributed by atoms with Gasteiger partial charge in [-0.2, -0.15) is 0 Å². The molecule has 0 aliphatic rings. The number of hydrogen-bond acceptors (Lipinski definition) is 1. The molecule has 1 N–H and O–H groups in total. The molecule has 0 aliphatic carbocycles. The van der Waals surface area contributed by atoms with Crippen molar-refractivity contribution >= 4 is 0 Å². The normalized spacial score (nSPS) is 25.3. The summed E-state index contributed by atoms with van der Waals surface area (Å²) in [6.45, 7) is -5.43. The van der Waals surface area contributed by atoms with Gasteiger partial charge in [-0.15, -0.1) is 0 Å². The van der Waals surface area contributed by atoms with Crippen LogP contribution in [0.4, 0.5) is 0 Å². The predicted octanol–water partition coefficient (Wildman–Crippen LogP) is 3.99. The fourth-order valence-electron chi connectivity index (χ4n) is 1.21. The average molecular weight is 216 g/mol. The zero-order valence-corrected chi connectivity index (χ0v) is 9.10. The summed E-state index contributed by atoms with van der Waals surface area (Å²) in [4.78, 5) is 0. The van der Waals surface area contributed by atoms with Gasteiger partial charge in [0.05, 0.1) is 1.37 Å². The zero-order chi connectivity index (χ0) is 20.2. The van der Waals surface area contributed by atoms with Crippen molar-refractivity contribution < 1.29 is 18.8 Å². The number of phenols is 1. The van der Waals surface area contributed by atoms with Gasteiger partial charge < -0.3 is 5.11 Å². The average Bonchev–Trinajstić information content (AvgIpc) is 2.26. The van der Waals surface area contributed by atoms with Crippen molar-refractivity contribution in [1.82, 2.24) is 0 Å². The van der Waals surface area contributed by atoms with E-state index in [4.69, 9.17) is 13.7 Å². The molecule has 1 aromatic carbocycles. The Hall–Kier alpha value is -0.980. The van der Waals surface area contributed by atoms with E-state index >= 15 is 0 Å². The molecular weight excluding hydrogens is 184 g/mol. The molecule has 0 amide bonds. The first-order chi connectivity index (χ1) is 10.8. The van der Waals surface area contributed by atoms with Crippen molar-refractivity contribution in [3.8, 4) is 5.75 Å². The lowest BCUT2D eigenvalue weighted by Crippen LogP contribution is -2.16. The number of aromatic hydroxyl groups is 1. The quantitative estimate of drug-likeness (QED) is 0.695. The van der Waals surface area contributed by atoms with E-state index in [0.29, 0.717) is 0 Å². The molecule has 84 valence electrons. The molecular formula is C14H22O. The smallest absolute Gasteiger partial charge is 0.119 e.